The summed E-state index contributed by atoms with van der Waals surface area (Å²) in [6.45, 7) is 6.46. The largest absolute Gasteiger partial charge is 0.493 e. The van der Waals surface area contributed by atoms with Gasteiger partial charge in [-0.05, 0) is 31.0 Å². The lowest BCUT2D eigenvalue weighted by molar-refractivity contribution is 0.101. The molecule has 1 aromatic carbocycles. The molecule has 0 heterocycles. The molecule has 94 valence electrons. The zero-order valence-electron chi connectivity index (χ0n) is 10.9. The van der Waals surface area contributed by atoms with Gasteiger partial charge in [0.1, 0.15) is 0 Å². The van der Waals surface area contributed by atoms with Crippen LogP contribution in [0.3, 0.4) is 0 Å². The molecular formula is C14H20O3. The highest BCUT2D eigenvalue weighted by molar-refractivity contribution is 5.94. The van der Waals surface area contributed by atoms with E-state index in [0.29, 0.717) is 29.6 Å². The van der Waals surface area contributed by atoms with E-state index in [9.17, 15) is 4.79 Å². The molecule has 3 heteroatoms. The minimum atomic E-state index is 0.0248. The van der Waals surface area contributed by atoms with E-state index < -0.39 is 0 Å². The van der Waals surface area contributed by atoms with Crippen LogP contribution in [0.15, 0.2) is 18.2 Å². The molecule has 0 saturated heterocycles. The quantitative estimate of drug-likeness (QED) is 0.711. The molecule has 17 heavy (non-hydrogen) atoms. The highest BCUT2D eigenvalue weighted by atomic mass is 16.5. The van der Waals surface area contributed by atoms with Gasteiger partial charge in [-0.1, -0.05) is 20.3 Å². The topological polar surface area (TPSA) is 35.5 Å². The van der Waals surface area contributed by atoms with Crippen LogP contribution in [0.2, 0.25) is 0 Å². The van der Waals surface area contributed by atoms with Crippen LogP contribution >= 0.6 is 0 Å². The standard InChI is InChI=1S/C14H20O3/c1-5-10(2)9-17-13-7-6-12(11(3)15)8-14(13)16-4/h6-8,10H,5,9H2,1-4H3. The maximum atomic E-state index is 11.2. The maximum Gasteiger partial charge on any atom is 0.161 e. The average Bonchev–Trinajstić information content (AvgIpc) is 2.35. The number of rotatable bonds is 6. The number of methoxy groups -OCH3 is 1. The van der Waals surface area contributed by atoms with Gasteiger partial charge in [0.2, 0.25) is 0 Å². The van der Waals surface area contributed by atoms with Crippen molar-refractivity contribution in [2.24, 2.45) is 5.92 Å². The van der Waals surface area contributed by atoms with Gasteiger partial charge in [0.05, 0.1) is 13.7 Å². The smallest absolute Gasteiger partial charge is 0.161 e. The van der Waals surface area contributed by atoms with Crippen molar-refractivity contribution in [3.8, 4) is 11.5 Å². The van der Waals surface area contributed by atoms with Gasteiger partial charge in [0.15, 0.2) is 17.3 Å². The van der Waals surface area contributed by atoms with Crippen molar-refractivity contribution in [1.82, 2.24) is 0 Å². The summed E-state index contributed by atoms with van der Waals surface area (Å²) in [6.07, 6.45) is 1.08. The van der Waals surface area contributed by atoms with E-state index in [1.807, 2.05) is 0 Å². The molecule has 0 bridgehead atoms. The van der Waals surface area contributed by atoms with Crippen molar-refractivity contribution in [2.75, 3.05) is 13.7 Å². The summed E-state index contributed by atoms with van der Waals surface area (Å²) >= 11 is 0. The van der Waals surface area contributed by atoms with Crippen LogP contribution in [0.25, 0.3) is 0 Å². The Morgan fingerprint density at radius 1 is 1.35 bits per heavy atom. The van der Waals surface area contributed by atoms with Crippen LogP contribution < -0.4 is 9.47 Å². The molecule has 0 aliphatic rings. The monoisotopic (exact) mass is 236 g/mol. The van der Waals surface area contributed by atoms with Gasteiger partial charge >= 0.3 is 0 Å². The molecule has 0 fully saturated rings. The summed E-state index contributed by atoms with van der Waals surface area (Å²) in [5, 5.41) is 0. The van der Waals surface area contributed by atoms with Gasteiger partial charge in [0, 0.05) is 5.56 Å². The molecule has 0 aliphatic carbocycles. The second-order valence-electron chi connectivity index (χ2n) is 4.25. The summed E-state index contributed by atoms with van der Waals surface area (Å²) in [4.78, 5) is 11.2. The summed E-state index contributed by atoms with van der Waals surface area (Å²) < 4.78 is 10.9. The number of carbonyl (C=O) groups excluding carboxylic acids is 1. The molecule has 1 unspecified atom stereocenters. The van der Waals surface area contributed by atoms with E-state index in [4.69, 9.17) is 9.47 Å². The predicted molar refractivity (Wildman–Crippen MR) is 67.9 cm³/mol. The number of ketones is 1. The van der Waals surface area contributed by atoms with Gasteiger partial charge in [-0.15, -0.1) is 0 Å². The van der Waals surface area contributed by atoms with E-state index >= 15 is 0 Å². The SMILES string of the molecule is CCC(C)COc1ccc(C(C)=O)cc1OC. The highest BCUT2D eigenvalue weighted by Gasteiger charge is 2.09. The normalized spacial score (nSPS) is 12.0. The Morgan fingerprint density at radius 3 is 2.59 bits per heavy atom. The third kappa shape index (κ3) is 3.77. The number of carbonyl (C=O) groups is 1. The Hall–Kier alpha value is -1.51. The van der Waals surface area contributed by atoms with Crippen LogP contribution in [0, 0.1) is 5.92 Å². The lowest BCUT2D eigenvalue weighted by Crippen LogP contribution is -2.08. The Morgan fingerprint density at radius 2 is 2.06 bits per heavy atom. The van der Waals surface area contributed by atoms with Crippen molar-refractivity contribution in [2.45, 2.75) is 27.2 Å². The maximum absolute atomic E-state index is 11.2. The summed E-state index contributed by atoms with van der Waals surface area (Å²) in [7, 11) is 1.58. The molecule has 0 saturated carbocycles. The van der Waals surface area contributed by atoms with Crippen molar-refractivity contribution in [1.29, 1.82) is 0 Å². The second-order valence-corrected chi connectivity index (χ2v) is 4.25. The van der Waals surface area contributed by atoms with Crippen molar-refractivity contribution in [3.05, 3.63) is 23.8 Å². The molecule has 1 rings (SSSR count). The molecule has 0 amide bonds. The number of Topliss-reactive ketones (excluding diaryl/α,β-unsaturated/α-hetero) is 1. The zero-order valence-corrected chi connectivity index (χ0v) is 10.9. The molecule has 0 aromatic heterocycles. The van der Waals surface area contributed by atoms with Crippen molar-refractivity contribution in [3.63, 3.8) is 0 Å². The summed E-state index contributed by atoms with van der Waals surface area (Å²) in [6, 6.07) is 5.27. The van der Waals surface area contributed by atoms with Gasteiger partial charge in [0.25, 0.3) is 0 Å². The number of benzene rings is 1. The molecule has 0 aliphatic heterocycles. The average molecular weight is 236 g/mol. The lowest BCUT2D eigenvalue weighted by atomic mass is 10.1. The van der Waals surface area contributed by atoms with Crippen molar-refractivity contribution >= 4 is 5.78 Å². The molecule has 3 nitrogen and oxygen atoms in total. The molecule has 1 aromatic rings. The first kappa shape index (κ1) is 13.6. The minimum absolute atomic E-state index is 0.0248. The van der Waals surface area contributed by atoms with Crippen LogP contribution in [0.4, 0.5) is 0 Å². The fraction of sp³-hybridized carbons (Fsp3) is 0.500. The first-order valence-corrected chi connectivity index (χ1v) is 5.90. The van der Waals surface area contributed by atoms with Gasteiger partial charge in [-0.2, -0.15) is 0 Å². The van der Waals surface area contributed by atoms with E-state index in [-0.39, 0.29) is 5.78 Å². The Kier molecular flexibility index (Phi) is 5.01. The number of hydrogen-bond donors (Lipinski definition) is 0. The fourth-order valence-electron chi connectivity index (χ4n) is 1.36. The summed E-state index contributed by atoms with van der Waals surface area (Å²) in [5.41, 5.74) is 0.637. The van der Waals surface area contributed by atoms with E-state index in [1.54, 1.807) is 25.3 Å². The van der Waals surface area contributed by atoms with Gasteiger partial charge < -0.3 is 9.47 Å². The number of hydrogen-bond acceptors (Lipinski definition) is 3. The molecule has 1 atom stereocenters. The second kappa shape index (κ2) is 6.28. The lowest BCUT2D eigenvalue weighted by Gasteiger charge is -2.14. The Labute approximate surface area is 103 Å². The van der Waals surface area contributed by atoms with Crippen LogP contribution in [-0.2, 0) is 0 Å². The Bertz CT molecular complexity index is 385. The van der Waals surface area contributed by atoms with E-state index in [0.717, 1.165) is 6.42 Å². The van der Waals surface area contributed by atoms with E-state index in [2.05, 4.69) is 13.8 Å². The van der Waals surface area contributed by atoms with Crippen LogP contribution in [-0.4, -0.2) is 19.5 Å². The third-order valence-corrected chi connectivity index (χ3v) is 2.79. The first-order chi connectivity index (χ1) is 8.08. The van der Waals surface area contributed by atoms with Crippen LogP contribution in [0.5, 0.6) is 11.5 Å². The molecule has 0 radical (unpaired) electrons. The minimum Gasteiger partial charge on any atom is -0.493 e. The molecular weight excluding hydrogens is 216 g/mol. The van der Waals surface area contributed by atoms with Crippen molar-refractivity contribution < 1.29 is 14.3 Å². The highest BCUT2D eigenvalue weighted by Crippen LogP contribution is 2.28. The zero-order chi connectivity index (χ0) is 12.8. The summed E-state index contributed by atoms with van der Waals surface area (Å²) in [5.74, 6) is 1.84. The molecule has 0 spiro atoms. The first-order valence-electron chi connectivity index (χ1n) is 5.90. The van der Waals surface area contributed by atoms with E-state index in [1.165, 1.54) is 6.92 Å². The fourth-order valence-corrected chi connectivity index (χ4v) is 1.36. The number of ether oxygens (including phenoxy) is 2. The third-order valence-electron chi connectivity index (χ3n) is 2.79. The van der Waals surface area contributed by atoms with Gasteiger partial charge in [-0.25, -0.2) is 0 Å². The van der Waals surface area contributed by atoms with Gasteiger partial charge in [-0.3, -0.25) is 4.79 Å². The molecule has 0 N–H and O–H groups in total. The predicted octanol–water partition coefficient (Wildman–Crippen LogP) is 3.32. The van der Waals surface area contributed by atoms with Crippen LogP contribution in [0.1, 0.15) is 37.6 Å². The Balaban J connectivity index is 2.82.